The third-order valence-electron chi connectivity index (χ3n) is 5.89. The summed E-state index contributed by atoms with van der Waals surface area (Å²) in [4.78, 5) is 24.1. The van der Waals surface area contributed by atoms with Gasteiger partial charge in [-0.3, -0.25) is 4.79 Å². The van der Waals surface area contributed by atoms with Crippen LogP contribution in [0.4, 0.5) is 5.82 Å². The van der Waals surface area contributed by atoms with Crippen LogP contribution in [0.2, 0.25) is 0 Å². The molecule has 2 aliphatic heterocycles. The summed E-state index contributed by atoms with van der Waals surface area (Å²) >= 11 is 0. The molecule has 2 bridgehead atoms. The molecule has 1 aromatic carbocycles. The van der Waals surface area contributed by atoms with Crippen LogP contribution >= 0.6 is 0 Å². The zero-order chi connectivity index (χ0) is 20.0. The number of aryl methyl sites for hydroxylation is 2. The molecule has 0 N–H and O–H groups in total. The Hall–Kier alpha value is -3.22. The Bertz CT molecular complexity index is 1010. The summed E-state index contributed by atoms with van der Waals surface area (Å²) in [6.07, 6.45) is 5.42. The minimum atomic E-state index is 0.0443. The molecule has 0 radical (unpaired) electrons. The molecule has 7 heteroatoms. The van der Waals surface area contributed by atoms with Crippen molar-refractivity contribution < 1.29 is 4.79 Å². The van der Waals surface area contributed by atoms with E-state index in [4.69, 9.17) is 4.98 Å². The number of para-hydroxylation sites is 1. The summed E-state index contributed by atoms with van der Waals surface area (Å²) in [6, 6.07) is 12.4. The summed E-state index contributed by atoms with van der Waals surface area (Å²) < 4.78 is 0. The largest absolute Gasteiger partial charge is 0.347 e. The topological polar surface area (TPSA) is 67.2 Å². The molecule has 5 rings (SSSR count). The average molecular weight is 388 g/mol. The van der Waals surface area contributed by atoms with Crippen molar-refractivity contribution >= 4 is 11.7 Å². The highest BCUT2D eigenvalue weighted by molar-refractivity contribution is 5.98. The van der Waals surface area contributed by atoms with E-state index in [9.17, 15) is 4.79 Å². The number of nitrogens with zero attached hydrogens (tertiary/aromatic N) is 6. The number of pyridine rings is 1. The van der Waals surface area contributed by atoms with Crippen LogP contribution in [0.1, 0.15) is 34.5 Å². The van der Waals surface area contributed by atoms with Crippen LogP contribution in [0.5, 0.6) is 0 Å². The van der Waals surface area contributed by atoms with Gasteiger partial charge in [-0.25, -0.2) is 4.98 Å². The van der Waals surface area contributed by atoms with Gasteiger partial charge in [-0.15, -0.1) is 0 Å². The maximum absolute atomic E-state index is 13.4. The van der Waals surface area contributed by atoms with Gasteiger partial charge in [0.25, 0.3) is 5.91 Å². The number of carbonyl (C=O) groups is 1. The molecule has 2 atom stereocenters. The first kappa shape index (κ1) is 17.8. The second-order valence-electron chi connectivity index (χ2n) is 7.98. The van der Waals surface area contributed by atoms with Gasteiger partial charge in [-0.2, -0.15) is 15.0 Å². The molecule has 2 aromatic heterocycles. The van der Waals surface area contributed by atoms with Gasteiger partial charge in [0.05, 0.1) is 23.6 Å². The first-order valence-corrected chi connectivity index (χ1v) is 10.1. The van der Waals surface area contributed by atoms with Crippen LogP contribution in [0.15, 0.2) is 48.8 Å². The fraction of sp³-hybridized carbons (Fsp3) is 0.364. The van der Waals surface area contributed by atoms with E-state index in [-0.39, 0.29) is 5.91 Å². The number of hydrogen-bond donors (Lipinski definition) is 0. The van der Waals surface area contributed by atoms with Crippen molar-refractivity contribution in [1.29, 1.82) is 0 Å². The summed E-state index contributed by atoms with van der Waals surface area (Å²) in [5.74, 6) is 1.09. The van der Waals surface area contributed by atoms with Crippen molar-refractivity contribution in [2.45, 2.75) is 38.8 Å². The molecule has 1 amide bonds. The van der Waals surface area contributed by atoms with Gasteiger partial charge in [0.15, 0.2) is 0 Å². The zero-order valence-electron chi connectivity index (χ0n) is 16.7. The van der Waals surface area contributed by atoms with E-state index < -0.39 is 0 Å². The number of carbonyl (C=O) groups excluding carboxylic acids is 1. The Morgan fingerprint density at radius 2 is 1.69 bits per heavy atom. The number of rotatable bonds is 3. The van der Waals surface area contributed by atoms with Crippen LogP contribution in [-0.2, 0) is 0 Å². The van der Waals surface area contributed by atoms with Crippen molar-refractivity contribution in [1.82, 2.24) is 24.9 Å². The summed E-state index contributed by atoms with van der Waals surface area (Å²) in [6.45, 7) is 5.58. The lowest BCUT2D eigenvalue weighted by atomic mass is 10.1. The maximum Gasteiger partial charge on any atom is 0.256 e. The van der Waals surface area contributed by atoms with Crippen LogP contribution in [-0.4, -0.2) is 56.0 Å². The molecule has 0 spiro atoms. The molecule has 0 aliphatic carbocycles. The Kier molecular flexibility index (Phi) is 4.30. The molecule has 3 aromatic rings. The highest BCUT2D eigenvalue weighted by Gasteiger charge is 2.42. The highest BCUT2D eigenvalue weighted by Crippen LogP contribution is 2.35. The number of anilines is 1. The third kappa shape index (κ3) is 3.16. The Morgan fingerprint density at radius 1 is 1.00 bits per heavy atom. The lowest BCUT2D eigenvalue weighted by molar-refractivity contribution is 0.0717. The first-order valence-electron chi connectivity index (χ1n) is 10.1. The van der Waals surface area contributed by atoms with Crippen molar-refractivity contribution in [3.05, 3.63) is 65.6 Å². The highest BCUT2D eigenvalue weighted by atomic mass is 16.2. The molecular weight excluding hydrogens is 364 g/mol. The smallest absolute Gasteiger partial charge is 0.256 e. The summed E-state index contributed by atoms with van der Waals surface area (Å²) in [5, 5.41) is 8.41. The minimum absolute atomic E-state index is 0.0443. The molecule has 2 aliphatic rings. The van der Waals surface area contributed by atoms with Gasteiger partial charge in [0.1, 0.15) is 5.82 Å². The second-order valence-corrected chi connectivity index (χ2v) is 7.98. The summed E-state index contributed by atoms with van der Waals surface area (Å²) in [5.41, 5.74) is 3.62. The predicted molar refractivity (Wildman–Crippen MR) is 110 cm³/mol. The van der Waals surface area contributed by atoms with Crippen LogP contribution in [0, 0.1) is 13.8 Å². The molecule has 2 saturated heterocycles. The average Bonchev–Trinajstić information content (AvgIpc) is 3.33. The number of aromatic nitrogens is 4. The second kappa shape index (κ2) is 6.99. The maximum atomic E-state index is 13.4. The van der Waals surface area contributed by atoms with Gasteiger partial charge >= 0.3 is 0 Å². The normalized spacial score (nSPS) is 20.9. The van der Waals surface area contributed by atoms with E-state index in [1.165, 1.54) is 10.4 Å². The van der Waals surface area contributed by atoms with E-state index in [1.807, 2.05) is 36.1 Å². The number of fused-ring (bicyclic) bond motifs is 2. The van der Waals surface area contributed by atoms with Gasteiger partial charge in [0.2, 0.25) is 0 Å². The van der Waals surface area contributed by atoms with Crippen molar-refractivity contribution in [3.8, 4) is 5.69 Å². The van der Waals surface area contributed by atoms with Gasteiger partial charge in [0, 0.05) is 30.9 Å². The van der Waals surface area contributed by atoms with Crippen molar-refractivity contribution in [2.75, 3.05) is 18.0 Å². The number of amides is 1. The van der Waals surface area contributed by atoms with E-state index in [2.05, 4.69) is 34.2 Å². The molecule has 2 unspecified atom stereocenters. The standard InChI is InChI=1S/C22H24N6O/c1-15-11-16(2)25-21(12-15)27-17-7-8-18(27)14-26(13-17)22(29)19-5-3-4-6-20(19)28-23-9-10-24-28/h3-6,9-12,17-18H,7-8,13-14H2,1-2H3. The van der Waals surface area contributed by atoms with Crippen LogP contribution < -0.4 is 4.90 Å². The lowest BCUT2D eigenvalue weighted by Crippen LogP contribution is -2.55. The van der Waals surface area contributed by atoms with Gasteiger partial charge in [-0.05, 0) is 56.5 Å². The van der Waals surface area contributed by atoms with Crippen molar-refractivity contribution in [3.63, 3.8) is 0 Å². The lowest BCUT2D eigenvalue weighted by Gasteiger charge is -2.42. The van der Waals surface area contributed by atoms with E-state index in [0.717, 1.165) is 24.4 Å². The molecule has 148 valence electrons. The Balaban J connectivity index is 1.41. The molecule has 7 nitrogen and oxygen atoms in total. The minimum Gasteiger partial charge on any atom is -0.347 e. The van der Waals surface area contributed by atoms with Crippen LogP contribution in [0.25, 0.3) is 5.69 Å². The monoisotopic (exact) mass is 388 g/mol. The van der Waals surface area contributed by atoms with E-state index >= 15 is 0 Å². The number of benzene rings is 1. The van der Waals surface area contributed by atoms with E-state index in [1.54, 1.807) is 12.4 Å². The zero-order valence-corrected chi connectivity index (χ0v) is 16.7. The molecule has 4 heterocycles. The molecule has 29 heavy (non-hydrogen) atoms. The number of piperazine rings is 1. The first-order chi connectivity index (χ1) is 14.1. The van der Waals surface area contributed by atoms with Crippen LogP contribution in [0.3, 0.4) is 0 Å². The third-order valence-corrected chi connectivity index (χ3v) is 5.89. The number of hydrogen-bond acceptors (Lipinski definition) is 5. The molecular formula is C22H24N6O. The fourth-order valence-electron chi connectivity index (χ4n) is 4.73. The molecule has 2 fully saturated rings. The van der Waals surface area contributed by atoms with E-state index in [0.29, 0.717) is 36.4 Å². The van der Waals surface area contributed by atoms with Gasteiger partial charge in [-0.1, -0.05) is 12.1 Å². The quantitative estimate of drug-likeness (QED) is 0.690. The Labute approximate surface area is 170 Å². The number of likely N-dealkylation sites (tertiary alicyclic amines) is 1. The van der Waals surface area contributed by atoms with Gasteiger partial charge < -0.3 is 9.80 Å². The predicted octanol–water partition coefficient (Wildman–Crippen LogP) is 2.77. The Morgan fingerprint density at radius 3 is 2.38 bits per heavy atom. The SMILES string of the molecule is Cc1cc(C)nc(N2C3CCC2CN(C(=O)c2ccccc2-n2nccn2)C3)c1. The molecule has 0 saturated carbocycles. The van der Waals surface area contributed by atoms with Crippen molar-refractivity contribution in [2.24, 2.45) is 0 Å². The summed E-state index contributed by atoms with van der Waals surface area (Å²) in [7, 11) is 0. The fourth-order valence-corrected chi connectivity index (χ4v) is 4.73.